The molecule has 0 radical (unpaired) electrons. The Labute approximate surface area is 87.8 Å². The van der Waals surface area contributed by atoms with Crippen LogP contribution in [0.15, 0.2) is 18.3 Å². The van der Waals surface area contributed by atoms with Crippen LogP contribution in [-0.4, -0.2) is 30.1 Å². The van der Waals surface area contributed by atoms with Crippen molar-refractivity contribution in [2.75, 3.05) is 23.8 Å². The van der Waals surface area contributed by atoms with E-state index < -0.39 is 0 Å². The molecule has 0 aromatic carbocycles. The van der Waals surface area contributed by atoms with Gasteiger partial charge in [0.25, 0.3) is 5.91 Å². The maximum absolute atomic E-state index is 11.6. The molecule has 1 saturated heterocycles. The number of pyridine rings is 1. The highest BCUT2D eigenvalue weighted by atomic mass is 16.5. The van der Waals surface area contributed by atoms with Crippen molar-refractivity contribution in [2.24, 2.45) is 0 Å². The van der Waals surface area contributed by atoms with Crippen molar-refractivity contribution in [1.29, 1.82) is 0 Å². The van der Waals surface area contributed by atoms with Gasteiger partial charge in [-0.05, 0) is 19.1 Å². The second kappa shape index (κ2) is 3.86. The van der Waals surface area contributed by atoms with E-state index in [1.54, 1.807) is 23.2 Å². The molecule has 0 spiro atoms. The third-order valence-electron chi connectivity index (χ3n) is 2.34. The van der Waals surface area contributed by atoms with Gasteiger partial charge in [0, 0.05) is 0 Å². The Morgan fingerprint density at radius 3 is 3.00 bits per heavy atom. The first-order valence-corrected chi connectivity index (χ1v) is 4.80. The van der Waals surface area contributed by atoms with Crippen molar-refractivity contribution in [2.45, 2.75) is 13.0 Å². The topological polar surface area (TPSA) is 68.5 Å². The number of morpholine rings is 1. The van der Waals surface area contributed by atoms with Crippen LogP contribution in [0.2, 0.25) is 0 Å². The molecule has 1 unspecified atom stereocenters. The molecule has 80 valence electrons. The van der Waals surface area contributed by atoms with Gasteiger partial charge in [-0.25, -0.2) is 4.98 Å². The molecular formula is C10H13N3O2. The lowest BCUT2D eigenvalue weighted by Crippen LogP contribution is -2.48. The average molecular weight is 207 g/mol. The van der Waals surface area contributed by atoms with Crippen LogP contribution in [0.25, 0.3) is 0 Å². The lowest BCUT2D eigenvalue weighted by atomic mass is 10.2. The summed E-state index contributed by atoms with van der Waals surface area (Å²) in [4.78, 5) is 17.3. The summed E-state index contributed by atoms with van der Waals surface area (Å²) in [6.45, 7) is 2.62. The molecule has 1 aromatic rings. The van der Waals surface area contributed by atoms with E-state index in [0.717, 1.165) is 5.69 Å². The number of hydrogen-bond donors (Lipinski definition) is 1. The van der Waals surface area contributed by atoms with Crippen LogP contribution in [0.3, 0.4) is 0 Å². The maximum Gasteiger partial charge on any atom is 0.253 e. The summed E-state index contributed by atoms with van der Waals surface area (Å²) in [5, 5.41) is 0. The van der Waals surface area contributed by atoms with E-state index in [1.165, 1.54) is 0 Å². The van der Waals surface area contributed by atoms with Crippen molar-refractivity contribution < 1.29 is 9.53 Å². The zero-order valence-corrected chi connectivity index (χ0v) is 8.51. The first-order valence-electron chi connectivity index (χ1n) is 4.80. The number of carbonyl (C=O) groups is 1. The van der Waals surface area contributed by atoms with Crippen LogP contribution in [0, 0.1) is 0 Å². The van der Waals surface area contributed by atoms with E-state index in [2.05, 4.69) is 4.98 Å². The monoisotopic (exact) mass is 207 g/mol. The number of nitrogen functional groups attached to an aromatic ring is 1. The van der Waals surface area contributed by atoms with Crippen molar-refractivity contribution in [1.82, 2.24) is 4.98 Å². The Morgan fingerprint density at radius 1 is 1.60 bits per heavy atom. The van der Waals surface area contributed by atoms with Crippen LogP contribution in [0.5, 0.6) is 0 Å². The van der Waals surface area contributed by atoms with E-state index in [1.807, 2.05) is 6.92 Å². The van der Waals surface area contributed by atoms with Crippen LogP contribution in [0.4, 0.5) is 11.5 Å². The number of carbonyl (C=O) groups excluding carboxylic acids is 1. The second-order valence-electron chi connectivity index (χ2n) is 3.57. The average Bonchev–Trinajstić information content (AvgIpc) is 2.20. The lowest BCUT2D eigenvalue weighted by molar-refractivity contribution is -0.127. The molecule has 0 saturated carbocycles. The van der Waals surface area contributed by atoms with Crippen LogP contribution in [-0.2, 0) is 9.53 Å². The third kappa shape index (κ3) is 1.92. The predicted octanol–water partition coefficient (Wildman–Crippen LogP) is 0.415. The highest BCUT2D eigenvalue weighted by Gasteiger charge is 2.26. The summed E-state index contributed by atoms with van der Waals surface area (Å²) in [7, 11) is 0. The lowest BCUT2D eigenvalue weighted by Gasteiger charge is -2.32. The molecule has 1 amide bonds. The van der Waals surface area contributed by atoms with Gasteiger partial charge in [-0.15, -0.1) is 0 Å². The van der Waals surface area contributed by atoms with Gasteiger partial charge < -0.3 is 15.4 Å². The van der Waals surface area contributed by atoms with Gasteiger partial charge in [0.05, 0.1) is 24.5 Å². The zero-order valence-electron chi connectivity index (χ0n) is 8.51. The molecule has 1 aliphatic rings. The SMILES string of the molecule is CC1COCC(=O)N1c1ccc(N)nc1. The molecule has 1 fully saturated rings. The molecule has 1 aromatic heterocycles. The van der Waals surface area contributed by atoms with Gasteiger partial charge in [0.2, 0.25) is 0 Å². The zero-order chi connectivity index (χ0) is 10.8. The summed E-state index contributed by atoms with van der Waals surface area (Å²) < 4.78 is 5.13. The molecule has 2 N–H and O–H groups in total. The van der Waals surface area contributed by atoms with Crippen molar-refractivity contribution >= 4 is 17.4 Å². The van der Waals surface area contributed by atoms with Crippen LogP contribution < -0.4 is 10.6 Å². The van der Waals surface area contributed by atoms with E-state index in [0.29, 0.717) is 12.4 Å². The summed E-state index contributed by atoms with van der Waals surface area (Å²) in [5.74, 6) is 0.410. The Hall–Kier alpha value is -1.62. The number of amides is 1. The normalized spacial score (nSPS) is 21.8. The molecule has 2 heterocycles. The molecule has 0 bridgehead atoms. The minimum absolute atomic E-state index is 0.0386. The van der Waals surface area contributed by atoms with Crippen molar-refractivity contribution in [3.05, 3.63) is 18.3 Å². The summed E-state index contributed by atoms with van der Waals surface area (Å²) in [6.07, 6.45) is 1.61. The molecular weight excluding hydrogens is 194 g/mol. The molecule has 5 heteroatoms. The fourth-order valence-electron chi connectivity index (χ4n) is 1.65. The highest BCUT2D eigenvalue weighted by molar-refractivity contribution is 5.95. The number of ether oxygens (including phenoxy) is 1. The fraction of sp³-hybridized carbons (Fsp3) is 0.400. The molecule has 5 nitrogen and oxygen atoms in total. The summed E-state index contributed by atoms with van der Waals surface area (Å²) in [5.41, 5.74) is 6.25. The number of nitrogens with two attached hydrogens (primary N) is 1. The Bertz CT molecular complexity index is 363. The minimum Gasteiger partial charge on any atom is -0.384 e. The molecule has 15 heavy (non-hydrogen) atoms. The number of aromatic nitrogens is 1. The van der Waals surface area contributed by atoms with Gasteiger partial charge in [0.15, 0.2) is 0 Å². The largest absolute Gasteiger partial charge is 0.384 e. The number of hydrogen-bond acceptors (Lipinski definition) is 4. The first-order chi connectivity index (χ1) is 7.18. The standard InChI is InChI=1S/C10H13N3O2/c1-7-5-15-6-10(14)13(7)8-2-3-9(11)12-4-8/h2-4,7H,5-6H2,1H3,(H2,11,12). The smallest absolute Gasteiger partial charge is 0.253 e. The van der Waals surface area contributed by atoms with Crippen LogP contribution in [0.1, 0.15) is 6.92 Å². The second-order valence-corrected chi connectivity index (χ2v) is 3.57. The van der Waals surface area contributed by atoms with Crippen molar-refractivity contribution in [3.8, 4) is 0 Å². The van der Waals surface area contributed by atoms with Crippen LogP contribution >= 0.6 is 0 Å². The Balaban J connectivity index is 2.27. The molecule has 0 aliphatic carbocycles. The van der Waals surface area contributed by atoms with E-state index in [-0.39, 0.29) is 18.6 Å². The van der Waals surface area contributed by atoms with Gasteiger partial charge in [0.1, 0.15) is 12.4 Å². The maximum atomic E-state index is 11.6. The molecule has 2 rings (SSSR count). The summed E-state index contributed by atoms with van der Waals surface area (Å²) in [6, 6.07) is 3.52. The Kier molecular flexibility index (Phi) is 2.55. The van der Waals surface area contributed by atoms with Gasteiger partial charge in [-0.2, -0.15) is 0 Å². The predicted molar refractivity (Wildman–Crippen MR) is 56.4 cm³/mol. The van der Waals surface area contributed by atoms with Gasteiger partial charge in [-0.3, -0.25) is 4.79 Å². The van der Waals surface area contributed by atoms with Gasteiger partial charge in [-0.1, -0.05) is 0 Å². The van der Waals surface area contributed by atoms with E-state index in [9.17, 15) is 4.79 Å². The number of nitrogens with zero attached hydrogens (tertiary/aromatic N) is 2. The quantitative estimate of drug-likeness (QED) is 0.724. The highest BCUT2D eigenvalue weighted by Crippen LogP contribution is 2.19. The van der Waals surface area contributed by atoms with E-state index in [4.69, 9.17) is 10.5 Å². The van der Waals surface area contributed by atoms with Crippen molar-refractivity contribution in [3.63, 3.8) is 0 Å². The van der Waals surface area contributed by atoms with Gasteiger partial charge >= 0.3 is 0 Å². The fourth-order valence-corrected chi connectivity index (χ4v) is 1.65. The molecule has 1 atom stereocenters. The minimum atomic E-state index is -0.0414. The Morgan fingerprint density at radius 2 is 2.40 bits per heavy atom. The van der Waals surface area contributed by atoms with E-state index >= 15 is 0 Å². The third-order valence-corrected chi connectivity index (χ3v) is 2.34. The number of rotatable bonds is 1. The molecule has 1 aliphatic heterocycles. The first kappa shape index (κ1) is 9.92. The number of anilines is 2. The summed E-state index contributed by atoms with van der Waals surface area (Å²) >= 11 is 0.